The Bertz CT molecular complexity index is 802. The van der Waals surface area contributed by atoms with E-state index in [0.717, 1.165) is 42.6 Å². The van der Waals surface area contributed by atoms with Gasteiger partial charge in [-0.05, 0) is 47.7 Å². The van der Waals surface area contributed by atoms with Gasteiger partial charge in [0.2, 0.25) is 0 Å². The van der Waals surface area contributed by atoms with Crippen LogP contribution in [-0.2, 0) is 19.4 Å². The molecule has 5 heteroatoms. The number of hydrogen-bond acceptors (Lipinski definition) is 5. The summed E-state index contributed by atoms with van der Waals surface area (Å²) >= 11 is 0. The molecule has 4 rings (SSSR count). The minimum atomic E-state index is 0.116. The zero-order valence-corrected chi connectivity index (χ0v) is 13.9. The first-order chi connectivity index (χ1) is 11.6. The number of phenolic OH excluding ortho intramolecular Hbond substituents is 2. The van der Waals surface area contributed by atoms with Crippen molar-refractivity contribution in [1.29, 1.82) is 0 Å². The SMILES string of the molecule is COc1cc2c(cc1O)CN1CCc3ccc(OC)c(O)c3[C@@H]1C2. The van der Waals surface area contributed by atoms with Crippen LogP contribution in [0.2, 0.25) is 0 Å². The van der Waals surface area contributed by atoms with Crippen LogP contribution in [0, 0.1) is 0 Å². The first-order valence-electron chi connectivity index (χ1n) is 8.14. The van der Waals surface area contributed by atoms with E-state index in [1.165, 1.54) is 5.56 Å². The standard InChI is InChI=1S/C19H21NO4/c1-23-16-4-3-11-5-6-20-10-13-8-15(21)17(24-2)9-12(13)7-14(20)18(11)19(16)22/h3-4,8-9,14,21-22H,5-7,10H2,1-2H3/t14-/m0/s1. The summed E-state index contributed by atoms with van der Waals surface area (Å²) in [5.41, 5.74) is 4.43. The molecule has 2 heterocycles. The Morgan fingerprint density at radius 2 is 1.79 bits per heavy atom. The molecule has 24 heavy (non-hydrogen) atoms. The Labute approximate surface area is 141 Å². The topological polar surface area (TPSA) is 62.2 Å². The maximum atomic E-state index is 10.7. The lowest BCUT2D eigenvalue weighted by Gasteiger charge is -2.41. The van der Waals surface area contributed by atoms with Gasteiger partial charge < -0.3 is 19.7 Å². The van der Waals surface area contributed by atoms with Gasteiger partial charge in [0.1, 0.15) is 0 Å². The average Bonchev–Trinajstić information content (AvgIpc) is 2.59. The van der Waals surface area contributed by atoms with E-state index in [9.17, 15) is 10.2 Å². The van der Waals surface area contributed by atoms with Crippen molar-refractivity contribution < 1.29 is 19.7 Å². The molecule has 1 atom stereocenters. The number of phenols is 2. The van der Waals surface area contributed by atoms with Gasteiger partial charge in [-0.3, -0.25) is 4.90 Å². The van der Waals surface area contributed by atoms with E-state index in [1.54, 1.807) is 20.3 Å². The van der Waals surface area contributed by atoms with Gasteiger partial charge in [-0.15, -0.1) is 0 Å². The van der Waals surface area contributed by atoms with E-state index in [2.05, 4.69) is 11.0 Å². The second-order valence-corrected chi connectivity index (χ2v) is 6.42. The molecule has 2 aliphatic heterocycles. The second kappa shape index (κ2) is 5.60. The van der Waals surface area contributed by atoms with Gasteiger partial charge in [0.25, 0.3) is 0 Å². The van der Waals surface area contributed by atoms with Gasteiger partial charge in [-0.25, -0.2) is 0 Å². The molecule has 0 saturated carbocycles. The Morgan fingerprint density at radius 1 is 1.00 bits per heavy atom. The largest absolute Gasteiger partial charge is 0.504 e. The van der Waals surface area contributed by atoms with Crippen LogP contribution in [0.25, 0.3) is 0 Å². The Morgan fingerprint density at radius 3 is 2.54 bits per heavy atom. The third-order valence-electron chi connectivity index (χ3n) is 5.22. The van der Waals surface area contributed by atoms with Gasteiger partial charge in [-0.1, -0.05) is 6.07 Å². The highest BCUT2D eigenvalue weighted by Crippen LogP contribution is 2.46. The molecule has 5 nitrogen and oxygen atoms in total. The van der Waals surface area contributed by atoms with Crippen molar-refractivity contribution in [3.63, 3.8) is 0 Å². The van der Waals surface area contributed by atoms with E-state index in [1.807, 2.05) is 12.1 Å². The lowest BCUT2D eigenvalue weighted by atomic mass is 9.83. The maximum absolute atomic E-state index is 10.7. The fourth-order valence-corrected chi connectivity index (χ4v) is 3.99. The fraction of sp³-hybridized carbons (Fsp3) is 0.368. The predicted octanol–water partition coefficient (Wildman–Crippen LogP) is 2.77. The maximum Gasteiger partial charge on any atom is 0.162 e. The molecule has 0 saturated heterocycles. The monoisotopic (exact) mass is 327 g/mol. The molecule has 2 aromatic carbocycles. The minimum Gasteiger partial charge on any atom is -0.504 e. The van der Waals surface area contributed by atoms with Gasteiger partial charge in [0.15, 0.2) is 23.0 Å². The number of benzene rings is 2. The molecule has 2 N–H and O–H groups in total. The number of rotatable bonds is 2. The van der Waals surface area contributed by atoms with Crippen molar-refractivity contribution in [2.45, 2.75) is 25.4 Å². The summed E-state index contributed by atoms with van der Waals surface area (Å²) in [5, 5.41) is 20.7. The zero-order valence-electron chi connectivity index (χ0n) is 13.9. The number of fused-ring (bicyclic) bond motifs is 4. The Kier molecular flexibility index (Phi) is 3.53. The lowest BCUT2D eigenvalue weighted by Crippen LogP contribution is -2.39. The third kappa shape index (κ3) is 2.19. The van der Waals surface area contributed by atoms with Crippen LogP contribution in [-0.4, -0.2) is 35.9 Å². The lowest BCUT2D eigenvalue weighted by molar-refractivity contribution is 0.156. The first-order valence-corrected chi connectivity index (χ1v) is 8.14. The normalized spacial score (nSPS) is 19.2. The molecule has 0 amide bonds. The summed E-state index contributed by atoms with van der Waals surface area (Å²) in [7, 11) is 3.13. The molecule has 0 bridgehead atoms. The van der Waals surface area contributed by atoms with E-state index < -0.39 is 0 Å². The number of hydrogen-bond donors (Lipinski definition) is 2. The van der Waals surface area contributed by atoms with E-state index in [0.29, 0.717) is 11.5 Å². The van der Waals surface area contributed by atoms with Crippen LogP contribution in [0.4, 0.5) is 0 Å². The molecule has 0 aliphatic carbocycles. The minimum absolute atomic E-state index is 0.116. The molecule has 0 aromatic heterocycles. The summed E-state index contributed by atoms with van der Waals surface area (Å²) in [6.07, 6.45) is 1.68. The highest BCUT2D eigenvalue weighted by molar-refractivity contribution is 5.55. The van der Waals surface area contributed by atoms with Crippen molar-refractivity contribution in [1.82, 2.24) is 4.90 Å². The quantitative estimate of drug-likeness (QED) is 0.888. The molecule has 0 fully saturated rings. The second-order valence-electron chi connectivity index (χ2n) is 6.42. The van der Waals surface area contributed by atoms with Crippen molar-refractivity contribution in [3.05, 3.63) is 46.5 Å². The fourth-order valence-electron chi connectivity index (χ4n) is 3.99. The Hall–Kier alpha value is -2.40. The molecule has 126 valence electrons. The molecular weight excluding hydrogens is 306 g/mol. The van der Waals surface area contributed by atoms with Crippen LogP contribution in [0.15, 0.2) is 24.3 Å². The summed E-state index contributed by atoms with van der Waals surface area (Å²) < 4.78 is 10.5. The third-order valence-corrected chi connectivity index (χ3v) is 5.22. The number of ether oxygens (including phenoxy) is 2. The summed E-state index contributed by atoms with van der Waals surface area (Å²) in [4.78, 5) is 2.36. The smallest absolute Gasteiger partial charge is 0.162 e. The highest BCUT2D eigenvalue weighted by atomic mass is 16.5. The molecule has 2 aromatic rings. The van der Waals surface area contributed by atoms with Crippen molar-refractivity contribution in [2.75, 3.05) is 20.8 Å². The van der Waals surface area contributed by atoms with Crippen LogP contribution in [0.3, 0.4) is 0 Å². The molecule has 2 aliphatic rings. The predicted molar refractivity (Wildman–Crippen MR) is 89.9 cm³/mol. The van der Waals surface area contributed by atoms with Crippen LogP contribution < -0.4 is 9.47 Å². The van der Waals surface area contributed by atoms with Crippen molar-refractivity contribution in [3.8, 4) is 23.0 Å². The summed E-state index contributed by atoms with van der Waals surface area (Å²) in [6, 6.07) is 7.71. The molecular formula is C19H21NO4. The number of aromatic hydroxyl groups is 2. The van der Waals surface area contributed by atoms with Crippen LogP contribution in [0.5, 0.6) is 23.0 Å². The van der Waals surface area contributed by atoms with E-state index >= 15 is 0 Å². The van der Waals surface area contributed by atoms with E-state index in [-0.39, 0.29) is 17.5 Å². The van der Waals surface area contributed by atoms with Gasteiger partial charge in [0.05, 0.1) is 14.2 Å². The van der Waals surface area contributed by atoms with Crippen molar-refractivity contribution >= 4 is 0 Å². The van der Waals surface area contributed by atoms with Gasteiger partial charge in [-0.2, -0.15) is 0 Å². The molecule has 0 spiro atoms. The van der Waals surface area contributed by atoms with Crippen LogP contribution >= 0.6 is 0 Å². The van der Waals surface area contributed by atoms with Crippen molar-refractivity contribution in [2.24, 2.45) is 0 Å². The molecule has 0 unspecified atom stereocenters. The molecule has 0 radical (unpaired) electrons. The zero-order chi connectivity index (χ0) is 16.8. The Balaban J connectivity index is 1.79. The van der Waals surface area contributed by atoms with Gasteiger partial charge >= 0.3 is 0 Å². The highest BCUT2D eigenvalue weighted by Gasteiger charge is 2.35. The average molecular weight is 327 g/mol. The number of nitrogens with zero attached hydrogens (tertiary/aromatic N) is 1. The summed E-state index contributed by atoms with van der Waals surface area (Å²) in [6.45, 7) is 1.70. The van der Waals surface area contributed by atoms with Crippen LogP contribution in [0.1, 0.15) is 28.3 Å². The summed E-state index contributed by atoms with van der Waals surface area (Å²) in [5.74, 6) is 1.44. The van der Waals surface area contributed by atoms with E-state index in [4.69, 9.17) is 9.47 Å². The first kappa shape index (κ1) is 15.1. The number of methoxy groups -OCH3 is 2. The van der Waals surface area contributed by atoms with Gasteiger partial charge in [0, 0.05) is 24.7 Å².